The fourth-order valence-electron chi connectivity index (χ4n) is 2.45. The molecule has 0 aliphatic heterocycles. The molecule has 0 saturated heterocycles. The Morgan fingerprint density at radius 3 is 2.19 bits per heavy atom. The maximum atomic E-state index is 12.4. The lowest BCUT2D eigenvalue weighted by Crippen LogP contribution is -2.30. The highest BCUT2D eigenvalue weighted by atomic mass is 79.9. The molecule has 1 amide bonds. The van der Waals surface area contributed by atoms with Crippen LogP contribution in [0.1, 0.15) is 31.9 Å². The third-order valence-electron chi connectivity index (χ3n) is 3.79. The van der Waals surface area contributed by atoms with Crippen molar-refractivity contribution in [2.45, 2.75) is 40.7 Å². The van der Waals surface area contributed by atoms with Crippen LogP contribution in [0.3, 0.4) is 0 Å². The van der Waals surface area contributed by atoms with Crippen LogP contribution in [0, 0.1) is 19.8 Å². The van der Waals surface area contributed by atoms with E-state index in [1.54, 1.807) is 6.92 Å². The first-order valence-electron chi connectivity index (χ1n) is 8.73. The molecule has 140 valence electrons. The second-order valence-corrected chi connectivity index (χ2v) is 7.76. The molecule has 0 fully saturated rings. The van der Waals surface area contributed by atoms with E-state index in [-0.39, 0.29) is 5.91 Å². The molecule has 1 N–H and O–H groups in total. The molecular formula is C21H26BrNO3. The summed E-state index contributed by atoms with van der Waals surface area (Å²) in [5, 5.41) is 2.88. The Morgan fingerprint density at radius 2 is 1.65 bits per heavy atom. The predicted octanol–water partition coefficient (Wildman–Crippen LogP) is 5.51. The monoisotopic (exact) mass is 419 g/mol. The molecule has 2 rings (SSSR count). The molecular weight excluding hydrogens is 394 g/mol. The maximum Gasteiger partial charge on any atom is 0.265 e. The summed E-state index contributed by atoms with van der Waals surface area (Å²) in [5.74, 6) is 1.82. The molecule has 2 aromatic rings. The zero-order valence-electron chi connectivity index (χ0n) is 15.9. The molecule has 0 aromatic heterocycles. The van der Waals surface area contributed by atoms with Gasteiger partial charge in [0, 0.05) is 10.2 Å². The van der Waals surface area contributed by atoms with Crippen molar-refractivity contribution in [2.75, 3.05) is 11.9 Å². The Hall–Kier alpha value is -2.01. The van der Waals surface area contributed by atoms with Crippen LogP contribution in [0.2, 0.25) is 0 Å². The zero-order valence-corrected chi connectivity index (χ0v) is 17.5. The van der Waals surface area contributed by atoms with Gasteiger partial charge >= 0.3 is 0 Å². The highest BCUT2D eigenvalue weighted by Gasteiger charge is 2.17. The minimum atomic E-state index is -0.606. The van der Waals surface area contributed by atoms with E-state index in [0.717, 1.165) is 27.1 Å². The Kier molecular flexibility index (Phi) is 7.09. The minimum Gasteiger partial charge on any atom is -0.493 e. The molecule has 0 saturated carbocycles. The van der Waals surface area contributed by atoms with Gasteiger partial charge in [-0.1, -0.05) is 29.8 Å². The second-order valence-electron chi connectivity index (χ2n) is 6.85. The maximum absolute atomic E-state index is 12.4. The Morgan fingerprint density at radius 1 is 1.08 bits per heavy atom. The number of aryl methyl sites for hydroxylation is 2. The number of anilines is 1. The number of rotatable bonds is 7. The third-order valence-corrected chi connectivity index (χ3v) is 4.25. The molecule has 0 heterocycles. The highest BCUT2D eigenvalue weighted by Crippen LogP contribution is 2.28. The summed E-state index contributed by atoms with van der Waals surface area (Å²) >= 11 is 3.47. The van der Waals surface area contributed by atoms with Gasteiger partial charge in [-0.15, -0.1) is 0 Å². The van der Waals surface area contributed by atoms with E-state index in [1.165, 1.54) is 0 Å². The molecule has 1 atom stereocenters. The number of carbonyl (C=O) groups excluding carboxylic acids is 1. The van der Waals surface area contributed by atoms with E-state index in [0.29, 0.717) is 18.2 Å². The summed E-state index contributed by atoms with van der Waals surface area (Å²) < 4.78 is 12.5. The van der Waals surface area contributed by atoms with E-state index in [9.17, 15) is 4.79 Å². The lowest BCUT2D eigenvalue weighted by molar-refractivity contribution is -0.122. The number of carbonyl (C=O) groups is 1. The van der Waals surface area contributed by atoms with Crippen molar-refractivity contribution < 1.29 is 14.3 Å². The molecule has 0 bridgehead atoms. The zero-order chi connectivity index (χ0) is 19.3. The smallest absolute Gasteiger partial charge is 0.265 e. The van der Waals surface area contributed by atoms with Crippen molar-refractivity contribution in [3.63, 3.8) is 0 Å². The fraction of sp³-hybridized carbons (Fsp3) is 0.381. The van der Waals surface area contributed by atoms with Crippen molar-refractivity contribution >= 4 is 27.5 Å². The SMILES string of the molecule is Cc1cc(Br)cc(C)c1OC(C)C(=O)Nc1ccc(OCC(C)C)cc1. The van der Waals surface area contributed by atoms with Gasteiger partial charge in [0.2, 0.25) is 0 Å². The number of ether oxygens (including phenoxy) is 2. The second kappa shape index (κ2) is 9.08. The number of hydrogen-bond acceptors (Lipinski definition) is 3. The predicted molar refractivity (Wildman–Crippen MR) is 109 cm³/mol. The normalized spacial score (nSPS) is 12.0. The number of benzene rings is 2. The molecule has 5 heteroatoms. The molecule has 0 radical (unpaired) electrons. The topological polar surface area (TPSA) is 47.6 Å². The van der Waals surface area contributed by atoms with Crippen LogP contribution < -0.4 is 14.8 Å². The van der Waals surface area contributed by atoms with Crippen LogP contribution in [-0.2, 0) is 4.79 Å². The lowest BCUT2D eigenvalue weighted by atomic mass is 10.1. The first-order valence-corrected chi connectivity index (χ1v) is 9.52. The van der Waals surface area contributed by atoms with Crippen molar-refractivity contribution in [1.82, 2.24) is 0 Å². The summed E-state index contributed by atoms with van der Waals surface area (Å²) in [6.45, 7) is 10.6. The number of nitrogens with one attached hydrogen (secondary N) is 1. The quantitative estimate of drug-likeness (QED) is 0.643. The molecule has 26 heavy (non-hydrogen) atoms. The Bertz CT molecular complexity index is 733. The summed E-state index contributed by atoms with van der Waals surface area (Å²) in [6, 6.07) is 11.3. The van der Waals surface area contributed by atoms with Crippen LogP contribution in [0.4, 0.5) is 5.69 Å². The number of hydrogen-bond donors (Lipinski definition) is 1. The molecule has 0 aliphatic carbocycles. The highest BCUT2D eigenvalue weighted by molar-refractivity contribution is 9.10. The summed E-state index contributed by atoms with van der Waals surface area (Å²) in [4.78, 5) is 12.4. The minimum absolute atomic E-state index is 0.192. The molecule has 1 unspecified atom stereocenters. The fourth-order valence-corrected chi connectivity index (χ4v) is 3.14. The van der Waals surface area contributed by atoms with Crippen LogP contribution in [0.25, 0.3) is 0 Å². The van der Waals surface area contributed by atoms with Gasteiger partial charge in [0.15, 0.2) is 6.10 Å². The molecule has 0 spiro atoms. The van der Waals surface area contributed by atoms with Gasteiger partial charge in [-0.2, -0.15) is 0 Å². The molecule has 4 nitrogen and oxygen atoms in total. The van der Waals surface area contributed by atoms with E-state index in [4.69, 9.17) is 9.47 Å². The first kappa shape index (κ1) is 20.3. The van der Waals surface area contributed by atoms with Gasteiger partial charge in [0.05, 0.1) is 6.61 Å². The van der Waals surface area contributed by atoms with E-state index >= 15 is 0 Å². The van der Waals surface area contributed by atoms with Crippen molar-refractivity contribution in [3.8, 4) is 11.5 Å². The van der Waals surface area contributed by atoms with Gasteiger partial charge in [0.1, 0.15) is 11.5 Å². The Balaban J connectivity index is 1.97. The summed E-state index contributed by atoms with van der Waals surface area (Å²) in [6.07, 6.45) is -0.606. The van der Waals surface area contributed by atoms with E-state index in [1.807, 2.05) is 50.2 Å². The van der Waals surface area contributed by atoms with Crippen molar-refractivity contribution in [1.29, 1.82) is 0 Å². The van der Waals surface area contributed by atoms with Crippen LogP contribution in [0.15, 0.2) is 40.9 Å². The third kappa shape index (κ3) is 5.77. The summed E-state index contributed by atoms with van der Waals surface area (Å²) in [5.41, 5.74) is 2.69. The summed E-state index contributed by atoms with van der Waals surface area (Å²) in [7, 11) is 0. The van der Waals surface area contributed by atoms with Gasteiger partial charge in [-0.3, -0.25) is 4.79 Å². The van der Waals surface area contributed by atoms with Gasteiger partial charge in [-0.05, 0) is 74.2 Å². The number of amides is 1. The van der Waals surface area contributed by atoms with Crippen LogP contribution in [-0.4, -0.2) is 18.6 Å². The van der Waals surface area contributed by atoms with Gasteiger partial charge in [0.25, 0.3) is 5.91 Å². The molecule has 0 aliphatic rings. The van der Waals surface area contributed by atoms with Crippen LogP contribution in [0.5, 0.6) is 11.5 Å². The van der Waals surface area contributed by atoms with Crippen molar-refractivity contribution in [2.24, 2.45) is 5.92 Å². The van der Waals surface area contributed by atoms with E-state index in [2.05, 4.69) is 35.1 Å². The standard InChI is InChI=1S/C21H26BrNO3/c1-13(2)12-25-19-8-6-18(7-9-19)23-21(24)16(5)26-20-14(3)10-17(22)11-15(20)4/h6-11,13,16H,12H2,1-5H3,(H,23,24). The van der Waals surface area contributed by atoms with E-state index < -0.39 is 6.10 Å². The van der Waals surface area contributed by atoms with Crippen molar-refractivity contribution in [3.05, 3.63) is 52.0 Å². The lowest BCUT2D eigenvalue weighted by Gasteiger charge is -2.18. The Labute approximate surface area is 164 Å². The first-order chi connectivity index (χ1) is 12.3. The average molecular weight is 420 g/mol. The van der Waals surface area contributed by atoms with Gasteiger partial charge in [-0.25, -0.2) is 0 Å². The van der Waals surface area contributed by atoms with Gasteiger partial charge < -0.3 is 14.8 Å². The largest absolute Gasteiger partial charge is 0.493 e. The number of halogens is 1. The molecule has 2 aromatic carbocycles. The van der Waals surface area contributed by atoms with Crippen LogP contribution >= 0.6 is 15.9 Å². The average Bonchev–Trinajstić information content (AvgIpc) is 2.57.